The summed E-state index contributed by atoms with van der Waals surface area (Å²) in [6.45, 7) is 1.95. The van der Waals surface area contributed by atoms with E-state index < -0.39 is 0 Å². The van der Waals surface area contributed by atoms with Gasteiger partial charge in [-0.1, -0.05) is 94.0 Å². The molecule has 0 aromatic heterocycles. The highest BCUT2D eigenvalue weighted by atomic mass is 19.1. The number of rotatable bonds is 8. The molecule has 0 unspecified atom stereocenters. The molecule has 0 heterocycles. The summed E-state index contributed by atoms with van der Waals surface area (Å²) in [5, 5.41) is 0. The summed E-state index contributed by atoms with van der Waals surface area (Å²) < 4.78 is 12.7. The van der Waals surface area contributed by atoms with Crippen molar-refractivity contribution in [3.63, 3.8) is 0 Å². The van der Waals surface area contributed by atoms with E-state index >= 15 is 0 Å². The Morgan fingerprint density at radius 1 is 0.613 bits per heavy atom. The molecule has 4 rings (SSSR count). The first-order valence-corrected chi connectivity index (χ1v) is 13.0. The van der Waals surface area contributed by atoms with Crippen LogP contribution in [0.2, 0.25) is 0 Å². The number of benzene rings is 2. The van der Waals surface area contributed by atoms with Crippen molar-refractivity contribution in [2.24, 2.45) is 23.7 Å². The normalized spacial score (nSPS) is 26.6. The summed E-state index contributed by atoms with van der Waals surface area (Å²) in [7, 11) is 0. The van der Waals surface area contributed by atoms with Crippen LogP contribution in [0.4, 0.5) is 4.39 Å². The minimum atomic E-state index is -0.388. The van der Waals surface area contributed by atoms with E-state index in [0.717, 1.165) is 29.2 Å². The van der Waals surface area contributed by atoms with Gasteiger partial charge in [0.1, 0.15) is 6.67 Å². The summed E-state index contributed by atoms with van der Waals surface area (Å²) in [6, 6.07) is 16.9. The lowest BCUT2D eigenvalue weighted by atomic mass is 9.68. The molecular weight excluding hydrogens is 379 g/mol. The van der Waals surface area contributed by atoms with Crippen LogP contribution in [0.1, 0.15) is 88.7 Å². The molecule has 2 saturated carbocycles. The highest BCUT2D eigenvalue weighted by Gasteiger charge is 2.30. The molecular formula is C30H41F. The van der Waals surface area contributed by atoms with Crippen molar-refractivity contribution >= 4 is 0 Å². The van der Waals surface area contributed by atoms with Gasteiger partial charge < -0.3 is 0 Å². The van der Waals surface area contributed by atoms with Gasteiger partial charge >= 0.3 is 0 Å². The Morgan fingerprint density at radius 3 is 1.52 bits per heavy atom. The van der Waals surface area contributed by atoms with Crippen molar-refractivity contribution < 1.29 is 4.39 Å². The fourth-order valence-corrected chi connectivity index (χ4v) is 6.33. The predicted molar refractivity (Wildman–Crippen MR) is 131 cm³/mol. The summed E-state index contributed by atoms with van der Waals surface area (Å²) >= 11 is 0. The van der Waals surface area contributed by atoms with Gasteiger partial charge in [-0.05, 0) is 84.5 Å². The lowest BCUT2D eigenvalue weighted by Crippen LogP contribution is -2.26. The van der Waals surface area contributed by atoms with Crippen LogP contribution >= 0.6 is 0 Å². The standard InChI is InChI=1S/C30H41F/c1-2-3-23-6-14-27(15-7-23)28-16-8-24(9-17-28)4-5-25-10-18-29(19-11-25)30-20-12-26(22-31)13-21-30/h10-13,18-21,23-24,27-28H,2-9,14-17,22H2,1H3. The second-order valence-corrected chi connectivity index (χ2v) is 10.4. The van der Waals surface area contributed by atoms with Gasteiger partial charge in [-0.3, -0.25) is 0 Å². The van der Waals surface area contributed by atoms with Gasteiger partial charge in [-0.2, -0.15) is 0 Å². The maximum Gasteiger partial charge on any atom is 0.115 e. The molecule has 2 aromatic rings. The quantitative estimate of drug-likeness (QED) is 0.399. The Hall–Kier alpha value is -1.63. The zero-order valence-electron chi connectivity index (χ0n) is 19.5. The Kier molecular flexibility index (Phi) is 8.22. The van der Waals surface area contributed by atoms with Gasteiger partial charge in [0.15, 0.2) is 0 Å². The molecule has 2 aliphatic carbocycles. The van der Waals surface area contributed by atoms with Gasteiger partial charge in [0.25, 0.3) is 0 Å². The van der Waals surface area contributed by atoms with Crippen LogP contribution in [0.3, 0.4) is 0 Å². The molecule has 0 aliphatic heterocycles. The Labute approximate surface area is 189 Å². The predicted octanol–water partition coefficient (Wildman–Crippen LogP) is 9.17. The molecule has 0 spiro atoms. The summed E-state index contributed by atoms with van der Waals surface area (Å²) in [5.74, 6) is 4.04. The highest BCUT2D eigenvalue weighted by molar-refractivity contribution is 5.63. The Morgan fingerprint density at radius 2 is 1.06 bits per heavy atom. The van der Waals surface area contributed by atoms with Crippen LogP contribution in [0, 0.1) is 23.7 Å². The van der Waals surface area contributed by atoms with Crippen LogP contribution in [0.15, 0.2) is 48.5 Å². The van der Waals surface area contributed by atoms with E-state index in [4.69, 9.17) is 0 Å². The van der Waals surface area contributed by atoms with Gasteiger partial charge in [0, 0.05) is 0 Å². The number of halogens is 1. The summed E-state index contributed by atoms with van der Waals surface area (Å²) in [6.07, 6.45) is 17.3. The van der Waals surface area contributed by atoms with E-state index in [2.05, 4.69) is 31.2 Å². The topological polar surface area (TPSA) is 0 Å². The zero-order valence-corrected chi connectivity index (χ0v) is 19.5. The molecule has 0 N–H and O–H groups in total. The number of hydrogen-bond acceptors (Lipinski definition) is 0. The third-order valence-electron chi connectivity index (χ3n) is 8.38. The van der Waals surface area contributed by atoms with E-state index in [9.17, 15) is 4.39 Å². The number of aryl methyl sites for hydroxylation is 1. The fraction of sp³-hybridized carbons (Fsp3) is 0.600. The van der Waals surface area contributed by atoms with E-state index in [1.54, 1.807) is 0 Å². The summed E-state index contributed by atoms with van der Waals surface area (Å²) in [5.41, 5.74) is 4.61. The van der Waals surface area contributed by atoms with Crippen molar-refractivity contribution in [2.75, 3.05) is 0 Å². The van der Waals surface area contributed by atoms with Crippen molar-refractivity contribution in [1.29, 1.82) is 0 Å². The van der Waals surface area contributed by atoms with E-state index in [1.165, 1.54) is 93.7 Å². The molecule has 0 radical (unpaired) electrons. The molecule has 2 fully saturated rings. The molecule has 0 bridgehead atoms. The van der Waals surface area contributed by atoms with Gasteiger partial charge in [-0.15, -0.1) is 0 Å². The van der Waals surface area contributed by atoms with E-state index in [1.807, 2.05) is 24.3 Å². The Balaban J connectivity index is 1.19. The second kappa shape index (κ2) is 11.3. The molecule has 1 heteroatoms. The monoisotopic (exact) mass is 420 g/mol. The molecule has 0 saturated heterocycles. The Bertz CT molecular complexity index is 759. The SMILES string of the molecule is CCCC1CCC(C2CCC(CCc3ccc(-c4ccc(CF)cc4)cc3)CC2)CC1. The third kappa shape index (κ3) is 6.21. The van der Waals surface area contributed by atoms with Gasteiger partial charge in [-0.25, -0.2) is 4.39 Å². The zero-order chi connectivity index (χ0) is 21.5. The third-order valence-corrected chi connectivity index (χ3v) is 8.38. The smallest absolute Gasteiger partial charge is 0.115 e. The highest BCUT2D eigenvalue weighted by Crippen LogP contribution is 2.43. The minimum Gasteiger partial charge on any atom is -0.246 e. The van der Waals surface area contributed by atoms with Crippen molar-refractivity contribution in [2.45, 2.75) is 90.6 Å². The maximum atomic E-state index is 12.7. The van der Waals surface area contributed by atoms with Crippen LogP contribution in [0.5, 0.6) is 0 Å². The first-order chi connectivity index (χ1) is 15.2. The van der Waals surface area contributed by atoms with Crippen LogP contribution < -0.4 is 0 Å². The summed E-state index contributed by atoms with van der Waals surface area (Å²) in [4.78, 5) is 0. The van der Waals surface area contributed by atoms with Gasteiger partial charge in [0.2, 0.25) is 0 Å². The molecule has 2 aromatic carbocycles. The van der Waals surface area contributed by atoms with Crippen molar-refractivity contribution in [3.8, 4) is 11.1 Å². The lowest BCUT2D eigenvalue weighted by molar-refractivity contribution is 0.141. The molecule has 31 heavy (non-hydrogen) atoms. The lowest BCUT2D eigenvalue weighted by Gasteiger charge is -2.38. The van der Waals surface area contributed by atoms with Crippen LogP contribution in [-0.2, 0) is 13.1 Å². The molecule has 0 amide bonds. The molecule has 2 aliphatic rings. The maximum absolute atomic E-state index is 12.7. The molecule has 0 nitrogen and oxygen atoms in total. The first kappa shape index (κ1) is 22.6. The molecule has 0 atom stereocenters. The first-order valence-electron chi connectivity index (χ1n) is 13.0. The fourth-order valence-electron chi connectivity index (χ4n) is 6.33. The average Bonchev–Trinajstić information content (AvgIpc) is 2.84. The van der Waals surface area contributed by atoms with Crippen molar-refractivity contribution in [3.05, 3.63) is 59.7 Å². The van der Waals surface area contributed by atoms with Crippen LogP contribution in [-0.4, -0.2) is 0 Å². The van der Waals surface area contributed by atoms with E-state index in [-0.39, 0.29) is 6.67 Å². The minimum absolute atomic E-state index is 0.388. The average molecular weight is 421 g/mol. The number of alkyl halides is 1. The number of hydrogen-bond donors (Lipinski definition) is 0. The van der Waals surface area contributed by atoms with E-state index in [0.29, 0.717) is 0 Å². The van der Waals surface area contributed by atoms with Gasteiger partial charge in [0.05, 0.1) is 0 Å². The second-order valence-electron chi connectivity index (χ2n) is 10.4. The molecule has 168 valence electrons. The largest absolute Gasteiger partial charge is 0.246 e. The van der Waals surface area contributed by atoms with Crippen molar-refractivity contribution in [1.82, 2.24) is 0 Å². The van der Waals surface area contributed by atoms with Crippen LogP contribution in [0.25, 0.3) is 11.1 Å².